The lowest BCUT2D eigenvalue weighted by atomic mass is 10.00. The number of aromatic amines is 1. The number of hydrogen-bond acceptors (Lipinski definition) is 8. The van der Waals surface area contributed by atoms with Crippen LogP contribution in [-0.2, 0) is 24.4 Å². The SMILES string of the molecule is COCCn1nnnc1[C@@H](c1cc2cc(C)cc(C)c2[nH]c1=O)N(Cc1cccc(OC)c1)Cc1ccco1. The molecular formula is C29H32N6O4. The Hall–Kier alpha value is -4.28. The van der Waals surface area contributed by atoms with Crippen molar-refractivity contribution in [1.82, 2.24) is 30.1 Å². The van der Waals surface area contributed by atoms with Gasteiger partial charge in [-0.1, -0.05) is 23.8 Å². The highest BCUT2D eigenvalue weighted by molar-refractivity contribution is 5.83. The van der Waals surface area contributed by atoms with Gasteiger partial charge in [0.25, 0.3) is 5.56 Å². The summed E-state index contributed by atoms with van der Waals surface area (Å²) in [6.07, 6.45) is 1.64. The molecule has 0 aliphatic carbocycles. The van der Waals surface area contributed by atoms with E-state index in [1.807, 2.05) is 56.3 Å². The minimum atomic E-state index is -0.595. The van der Waals surface area contributed by atoms with Gasteiger partial charge in [0, 0.05) is 19.2 Å². The predicted molar refractivity (Wildman–Crippen MR) is 147 cm³/mol. The number of hydrogen-bond donors (Lipinski definition) is 1. The number of aromatic nitrogens is 5. The number of H-pyrrole nitrogens is 1. The topological polar surface area (TPSA) is 111 Å². The fourth-order valence-electron chi connectivity index (χ4n) is 5.00. The van der Waals surface area contributed by atoms with Crippen molar-refractivity contribution < 1.29 is 13.9 Å². The van der Waals surface area contributed by atoms with Gasteiger partial charge in [0.2, 0.25) is 0 Å². The molecule has 0 amide bonds. The summed E-state index contributed by atoms with van der Waals surface area (Å²) in [4.78, 5) is 19.0. The molecular weight excluding hydrogens is 496 g/mol. The van der Waals surface area contributed by atoms with Crippen molar-refractivity contribution in [2.75, 3.05) is 20.8 Å². The molecule has 0 unspecified atom stereocenters. The monoisotopic (exact) mass is 528 g/mol. The van der Waals surface area contributed by atoms with Gasteiger partial charge in [-0.2, -0.15) is 0 Å². The second kappa shape index (κ2) is 11.6. The standard InChI is InChI=1S/C29H32N6O4/c1-19-13-20(2)26-22(14-19)16-25(29(36)30-26)27(28-31-32-33-35(28)10-12-37-3)34(18-24-9-6-11-39-24)17-21-7-5-8-23(15-21)38-4/h5-9,11,13-16,27H,10,12,17-18H2,1-4H3,(H,30,36)/t27-/m1/s1. The number of rotatable bonds is 11. The minimum absolute atomic E-state index is 0.198. The van der Waals surface area contributed by atoms with Crippen LogP contribution in [0.25, 0.3) is 10.9 Å². The van der Waals surface area contributed by atoms with Crippen molar-refractivity contribution in [2.45, 2.75) is 39.5 Å². The van der Waals surface area contributed by atoms with Crippen molar-refractivity contribution >= 4 is 10.9 Å². The molecule has 10 heteroatoms. The minimum Gasteiger partial charge on any atom is -0.497 e. The third-order valence-corrected chi connectivity index (χ3v) is 6.75. The van der Waals surface area contributed by atoms with Crippen molar-refractivity contribution in [1.29, 1.82) is 0 Å². The number of nitrogens with zero attached hydrogens (tertiary/aromatic N) is 5. The lowest BCUT2D eigenvalue weighted by Gasteiger charge is -2.30. The zero-order valence-corrected chi connectivity index (χ0v) is 22.5. The van der Waals surface area contributed by atoms with Gasteiger partial charge in [0.1, 0.15) is 17.6 Å². The first-order valence-corrected chi connectivity index (χ1v) is 12.8. The Labute approximate surface area is 226 Å². The zero-order chi connectivity index (χ0) is 27.4. The molecule has 39 heavy (non-hydrogen) atoms. The van der Waals surface area contributed by atoms with Crippen LogP contribution in [0, 0.1) is 13.8 Å². The van der Waals surface area contributed by atoms with Gasteiger partial charge in [-0.25, -0.2) is 4.68 Å². The van der Waals surface area contributed by atoms with Crippen LogP contribution in [0.2, 0.25) is 0 Å². The van der Waals surface area contributed by atoms with Gasteiger partial charge in [-0.15, -0.1) is 5.10 Å². The molecule has 1 N–H and O–H groups in total. The number of pyridine rings is 1. The third kappa shape index (κ3) is 5.76. The molecule has 0 aliphatic heterocycles. The molecule has 3 heterocycles. The average molecular weight is 529 g/mol. The summed E-state index contributed by atoms with van der Waals surface area (Å²) in [5.41, 5.74) is 4.29. The summed E-state index contributed by atoms with van der Waals surface area (Å²) in [7, 11) is 3.28. The molecule has 0 bridgehead atoms. The normalized spacial score (nSPS) is 12.3. The Morgan fingerprint density at radius 1 is 1.08 bits per heavy atom. The Balaban J connectivity index is 1.70. The molecule has 5 rings (SSSR count). The molecule has 1 atom stereocenters. The van der Waals surface area contributed by atoms with E-state index in [1.54, 1.807) is 25.2 Å². The predicted octanol–water partition coefficient (Wildman–Crippen LogP) is 4.17. The number of methoxy groups -OCH3 is 2. The van der Waals surface area contributed by atoms with Crippen LogP contribution in [-0.4, -0.2) is 50.9 Å². The summed E-state index contributed by atoms with van der Waals surface area (Å²) in [6.45, 7) is 5.80. The maximum absolute atomic E-state index is 13.8. The zero-order valence-electron chi connectivity index (χ0n) is 22.5. The molecule has 0 saturated heterocycles. The number of tetrazole rings is 1. The highest BCUT2D eigenvalue weighted by atomic mass is 16.5. The van der Waals surface area contributed by atoms with E-state index in [1.165, 1.54) is 0 Å². The fourth-order valence-corrected chi connectivity index (χ4v) is 5.00. The number of fused-ring (bicyclic) bond motifs is 1. The van der Waals surface area contributed by atoms with Crippen LogP contribution in [0.3, 0.4) is 0 Å². The van der Waals surface area contributed by atoms with Gasteiger partial charge < -0.3 is 18.9 Å². The summed E-state index contributed by atoms with van der Waals surface area (Å²) >= 11 is 0. The highest BCUT2D eigenvalue weighted by Crippen LogP contribution is 2.31. The van der Waals surface area contributed by atoms with Gasteiger partial charge in [-0.3, -0.25) is 9.69 Å². The highest BCUT2D eigenvalue weighted by Gasteiger charge is 2.31. The second-order valence-corrected chi connectivity index (χ2v) is 9.59. The molecule has 3 aromatic heterocycles. The summed E-state index contributed by atoms with van der Waals surface area (Å²) < 4.78 is 18.2. The Morgan fingerprint density at radius 3 is 2.72 bits per heavy atom. The van der Waals surface area contributed by atoms with E-state index in [0.717, 1.165) is 39.1 Å². The van der Waals surface area contributed by atoms with E-state index in [0.29, 0.717) is 37.6 Å². The molecule has 0 spiro atoms. The molecule has 5 aromatic rings. The molecule has 2 aromatic carbocycles. The van der Waals surface area contributed by atoms with Gasteiger partial charge >= 0.3 is 0 Å². The maximum atomic E-state index is 13.8. The second-order valence-electron chi connectivity index (χ2n) is 9.59. The van der Waals surface area contributed by atoms with Crippen LogP contribution in [0.5, 0.6) is 5.75 Å². The quantitative estimate of drug-likeness (QED) is 0.272. The van der Waals surface area contributed by atoms with Crippen molar-refractivity contribution in [2.24, 2.45) is 0 Å². The Kier molecular flexibility index (Phi) is 7.85. The van der Waals surface area contributed by atoms with Crippen LogP contribution in [0.1, 0.15) is 39.9 Å². The third-order valence-electron chi connectivity index (χ3n) is 6.75. The smallest absolute Gasteiger partial charge is 0.253 e. The van der Waals surface area contributed by atoms with Crippen LogP contribution in [0.15, 0.2) is 70.1 Å². The number of ether oxygens (including phenoxy) is 2. The van der Waals surface area contributed by atoms with E-state index in [-0.39, 0.29) is 5.56 Å². The Morgan fingerprint density at radius 2 is 1.95 bits per heavy atom. The average Bonchev–Trinajstić information content (AvgIpc) is 3.61. The van der Waals surface area contributed by atoms with E-state index in [9.17, 15) is 4.79 Å². The van der Waals surface area contributed by atoms with Crippen LogP contribution >= 0.6 is 0 Å². The lowest BCUT2D eigenvalue weighted by Crippen LogP contribution is -2.35. The van der Waals surface area contributed by atoms with E-state index >= 15 is 0 Å². The molecule has 0 fully saturated rings. The fraction of sp³-hybridized carbons (Fsp3) is 0.310. The summed E-state index contributed by atoms with van der Waals surface area (Å²) in [5, 5.41) is 13.6. The molecule has 0 radical (unpaired) electrons. The first-order valence-electron chi connectivity index (χ1n) is 12.8. The van der Waals surface area contributed by atoms with Crippen molar-refractivity contribution in [3.63, 3.8) is 0 Å². The summed E-state index contributed by atoms with van der Waals surface area (Å²) in [5.74, 6) is 2.04. The lowest BCUT2D eigenvalue weighted by molar-refractivity contribution is 0.163. The van der Waals surface area contributed by atoms with Gasteiger partial charge in [0.15, 0.2) is 5.82 Å². The first kappa shape index (κ1) is 26.3. The van der Waals surface area contributed by atoms with Gasteiger partial charge in [-0.05, 0) is 77.2 Å². The van der Waals surface area contributed by atoms with Crippen molar-refractivity contribution in [3.05, 3.63) is 105 Å². The molecule has 202 valence electrons. The molecule has 0 aliphatic rings. The number of furan rings is 1. The summed E-state index contributed by atoms with van der Waals surface area (Å²) in [6, 6.07) is 17.1. The van der Waals surface area contributed by atoms with Crippen LogP contribution < -0.4 is 10.3 Å². The van der Waals surface area contributed by atoms with E-state index in [2.05, 4.69) is 37.5 Å². The maximum Gasteiger partial charge on any atom is 0.253 e. The number of benzene rings is 2. The van der Waals surface area contributed by atoms with E-state index in [4.69, 9.17) is 13.9 Å². The Bertz CT molecular complexity index is 1610. The van der Waals surface area contributed by atoms with Crippen LogP contribution in [0.4, 0.5) is 0 Å². The van der Waals surface area contributed by atoms with E-state index < -0.39 is 6.04 Å². The molecule has 0 saturated carbocycles. The first-order chi connectivity index (χ1) is 19.0. The number of aryl methyl sites for hydroxylation is 2. The van der Waals surface area contributed by atoms with Gasteiger partial charge in [0.05, 0.1) is 38.6 Å². The molecule has 10 nitrogen and oxygen atoms in total. The number of nitrogens with one attached hydrogen (secondary N) is 1. The van der Waals surface area contributed by atoms with Crippen molar-refractivity contribution in [3.8, 4) is 5.75 Å². The largest absolute Gasteiger partial charge is 0.497 e.